The fourth-order valence-corrected chi connectivity index (χ4v) is 3.75. The second-order valence-corrected chi connectivity index (χ2v) is 7.81. The van der Waals surface area contributed by atoms with E-state index in [1.165, 1.54) is 0 Å². The monoisotopic (exact) mass is 415 g/mol. The molecule has 1 aromatic heterocycles. The zero-order valence-corrected chi connectivity index (χ0v) is 17.7. The van der Waals surface area contributed by atoms with Crippen LogP contribution in [0, 0.1) is 19.8 Å². The molecule has 0 saturated carbocycles. The van der Waals surface area contributed by atoms with E-state index in [2.05, 4.69) is 20.6 Å². The van der Waals surface area contributed by atoms with E-state index in [1.54, 1.807) is 30.1 Å². The summed E-state index contributed by atoms with van der Waals surface area (Å²) in [6.45, 7) is 5.05. The summed E-state index contributed by atoms with van der Waals surface area (Å²) in [4.78, 5) is 35.1. The van der Waals surface area contributed by atoms with Gasteiger partial charge in [-0.2, -0.15) is 0 Å². The number of nitrogens with one attached hydrogen (secondary N) is 2. The summed E-state index contributed by atoms with van der Waals surface area (Å²) >= 11 is 6.32. The van der Waals surface area contributed by atoms with E-state index >= 15 is 0 Å². The number of hydrogen-bond donors (Lipinski definition) is 2. The van der Waals surface area contributed by atoms with E-state index in [9.17, 15) is 9.59 Å². The molecule has 1 aromatic carbocycles. The van der Waals surface area contributed by atoms with Gasteiger partial charge in [-0.3, -0.25) is 9.59 Å². The first kappa shape index (κ1) is 21.0. The zero-order chi connectivity index (χ0) is 21.0. The maximum absolute atomic E-state index is 13.0. The Morgan fingerprint density at radius 3 is 2.41 bits per heavy atom. The second kappa shape index (κ2) is 9.22. The third-order valence-electron chi connectivity index (χ3n) is 5.09. The van der Waals surface area contributed by atoms with Gasteiger partial charge in [-0.25, -0.2) is 9.97 Å². The Labute approximate surface area is 175 Å². The molecule has 0 bridgehead atoms. The molecule has 0 atom stereocenters. The van der Waals surface area contributed by atoms with Gasteiger partial charge < -0.3 is 15.5 Å². The number of amides is 2. The molecular weight excluding hydrogens is 390 g/mol. The number of piperidine rings is 1. The largest absolute Gasteiger partial charge is 0.359 e. The first-order valence-corrected chi connectivity index (χ1v) is 10.1. The number of aromatic nitrogens is 2. The molecule has 2 aromatic rings. The maximum Gasteiger partial charge on any atom is 0.255 e. The third kappa shape index (κ3) is 5.44. The lowest BCUT2D eigenvalue weighted by Gasteiger charge is -2.32. The molecule has 0 aliphatic carbocycles. The Kier molecular flexibility index (Phi) is 6.69. The second-order valence-electron chi connectivity index (χ2n) is 7.41. The molecule has 7 nitrogen and oxygen atoms in total. The molecule has 29 heavy (non-hydrogen) atoms. The SMILES string of the molecule is CNC(=O)CC1CCN(C(=O)c2cc(Nc3nc(C)cc(C)n3)ccc2Cl)CC1. The molecule has 8 heteroatoms. The van der Waals surface area contributed by atoms with E-state index in [0.717, 1.165) is 24.2 Å². The van der Waals surface area contributed by atoms with Crippen LogP contribution in [0.1, 0.15) is 41.0 Å². The normalized spacial score (nSPS) is 14.6. The van der Waals surface area contributed by atoms with Crippen molar-refractivity contribution in [2.24, 2.45) is 5.92 Å². The lowest BCUT2D eigenvalue weighted by Crippen LogP contribution is -2.39. The Morgan fingerprint density at radius 2 is 1.79 bits per heavy atom. The quantitative estimate of drug-likeness (QED) is 0.780. The smallest absolute Gasteiger partial charge is 0.255 e. The Balaban J connectivity index is 1.69. The molecule has 0 unspecified atom stereocenters. The molecule has 2 amide bonds. The standard InChI is InChI=1S/C21H26ClN5O2/c1-13-10-14(2)25-21(24-13)26-16-4-5-18(22)17(12-16)20(29)27-8-6-15(7-9-27)11-19(28)23-3/h4-5,10,12,15H,6-9,11H2,1-3H3,(H,23,28)(H,24,25,26). The van der Waals surface area contributed by atoms with Crippen LogP contribution in [0.15, 0.2) is 24.3 Å². The fourth-order valence-electron chi connectivity index (χ4n) is 3.55. The summed E-state index contributed by atoms with van der Waals surface area (Å²) in [5.41, 5.74) is 2.89. The minimum Gasteiger partial charge on any atom is -0.359 e. The molecular formula is C21H26ClN5O2. The topological polar surface area (TPSA) is 87.2 Å². The summed E-state index contributed by atoms with van der Waals surface area (Å²) in [5.74, 6) is 0.742. The molecule has 1 aliphatic heterocycles. The van der Waals surface area contributed by atoms with Crippen LogP contribution in [0.2, 0.25) is 5.02 Å². The van der Waals surface area contributed by atoms with Gasteiger partial charge in [-0.1, -0.05) is 11.6 Å². The lowest BCUT2D eigenvalue weighted by atomic mass is 9.93. The predicted molar refractivity (Wildman–Crippen MR) is 114 cm³/mol. The van der Waals surface area contributed by atoms with Gasteiger partial charge in [0.15, 0.2) is 0 Å². The van der Waals surface area contributed by atoms with Crippen molar-refractivity contribution in [2.45, 2.75) is 33.1 Å². The molecule has 0 spiro atoms. The fraction of sp³-hybridized carbons (Fsp3) is 0.429. The molecule has 1 fully saturated rings. The minimum atomic E-state index is -0.0987. The van der Waals surface area contributed by atoms with Crippen LogP contribution in [0.25, 0.3) is 0 Å². The number of anilines is 2. The number of halogens is 1. The molecule has 0 radical (unpaired) electrons. The molecule has 2 heterocycles. The van der Waals surface area contributed by atoms with Crippen LogP contribution < -0.4 is 10.6 Å². The summed E-state index contributed by atoms with van der Waals surface area (Å²) in [6.07, 6.45) is 2.13. The number of aryl methyl sites for hydroxylation is 2. The van der Waals surface area contributed by atoms with Gasteiger partial charge >= 0.3 is 0 Å². The number of hydrogen-bond acceptors (Lipinski definition) is 5. The van der Waals surface area contributed by atoms with Crippen molar-refractivity contribution in [3.05, 3.63) is 46.2 Å². The van der Waals surface area contributed by atoms with Crippen molar-refractivity contribution >= 4 is 35.1 Å². The minimum absolute atomic E-state index is 0.0465. The van der Waals surface area contributed by atoms with Crippen molar-refractivity contribution in [2.75, 3.05) is 25.5 Å². The van der Waals surface area contributed by atoms with E-state index in [1.807, 2.05) is 19.9 Å². The molecule has 154 valence electrons. The van der Waals surface area contributed by atoms with Crippen LogP contribution >= 0.6 is 11.6 Å². The highest BCUT2D eigenvalue weighted by molar-refractivity contribution is 6.34. The van der Waals surface area contributed by atoms with Gasteiger partial charge in [0.05, 0.1) is 10.6 Å². The van der Waals surface area contributed by atoms with Gasteiger partial charge in [0.1, 0.15) is 0 Å². The number of carbonyl (C=O) groups excluding carboxylic acids is 2. The molecule has 1 aliphatic rings. The van der Waals surface area contributed by atoms with Crippen LogP contribution in [-0.2, 0) is 4.79 Å². The number of benzene rings is 1. The van der Waals surface area contributed by atoms with Crippen molar-refractivity contribution in [1.29, 1.82) is 0 Å². The highest BCUT2D eigenvalue weighted by Gasteiger charge is 2.26. The van der Waals surface area contributed by atoms with Crippen molar-refractivity contribution < 1.29 is 9.59 Å². The van der Waals surface area contributed by atoms with E-state index < -0.39 is 0 Å². The number of rotatable bonds is 5. The Hall–Kier alpha value is -2.67. The van der Waals surface area contributed by atoms with E-state index in [4.69, 9.17) is 11.6 Å². The van der Waals surface area contributed by atoms with Crippen LogP contribution in [0.5, 0.6) is 0 Å². The summed E-state index contributed by atoms with van der Waals surface area (Å²) in [5, 5.41) is 6.22. The Morgan fingerprint density at radius 1 is 1.14 bits per heavy atom. The van der Waals surface area contributed by atoms with Gasteiger partial charge in [0.25, 0.3) is 5.91 Å². The molecule has 3 rings (SSSR count). The van der Waals surface area contributed by atoms with Crippen molar-refractivity contribution in [1.82, 2.24) is 20.2 Å². The van der Waals surface area contributed by atoms with Crippen LogP contribution in [-0.4, -0.2) is 46.8 Å². The average Bonchev–Trinajstić information content (AvgIpc) is 2.68. The van der Waals surface area contributed by atoms with Gasteiger partial charge in [-0.15, -0.1) is 0 Å². The summed E-state index contributed by atoms with van der Waals surface area (Å²) in [6, 6.07) is 7.14. The highest BCUT2D eigenvalue weighted by atomic mass is 35.5. The van der Waals surface area contributed by atoms with E-state index in [-0.39, 0.29) is 11.8 Å². The highest BCUT2D eigenvalue weighted by Crippen LogP contribution is 2.27. The van der Waals surface area contributed by atoms with Gasteiger partial charge in [0.2, 0.25) is 11.9 Å². The average molecular weight is 416 g/mol. The summed E-state index contributed by atoms with van der Waals surface area (Å²) in [7, 11) is 1.65. The molecule has 2 N–H and O–H groups in total. The van der Waals surface area contributed by atoms with Gasteiger partial charge in [0, 0.05) is 43.6 Å². The lowest BCUT2D eigenvalue weighted by molar-refractivity contribution is -0.121. The van der Waals surface area contributed by atoms with E-state index in [0.29, 0.717) is 47.7 Å². The predicted octanol–water partition coefficient (Wildman–Crippen LogP) is 3.48. The zero-order valence-electron chi connectivity index (χ0n) is 17.0. The number of carbonyl (C=O) groups is 2. The maximum atomic E-state index is 13.0. The van der Waals surface area contributed by atoms with Gasteiger partial charge in [-0.05, 0) is 56.9 Å². The first-order valence-electron chi connectivity index (χ1n) is 9.74. The molecule has 1 saturated heterocycles. The Bertz CT molecular complexity index is 890. The van der Waals surface area contributed by atoms with Crippen molar-refractivity contribution in [3.8, 4) is 0 Å². The van der Waals surface area contributed by atoms with Crippen LogP contribution in [0.4, 0.5) is 11.6 Å². The number of likely N-dealkylation sites (tertiary alicyclic amines) is 1. The third-order valence-corrected chi connectivity index (χ3v) is 5.42. The van der Waals surface area contributed by atoms with Crippen molar-refractivity contribution in [3.63, 3.8) is 0 Å². The number of nitrogens with zero attached hydrogens (tertiary/aromatic N) is 3. The summed E-state index contributed by atoms with van der Waals surface area (Å²) < 4.78 is 0. The first-order chi connectivity index (χ1) is 13.9. The van der Waals surface area contributed by atoms with Crippen LogP contribution in [0.3, 0.4) is 0 Å².